The molecule has 2 aromatic rings. The SMILES string of the molecule is Cc1cc(N2CCN(Cc3ccc4c(c3)CN(C3CCC(=O)NC3=O)C4=O)CC2)cs1. The van der Waals surface area contributed by atoms with Gasteiger partial charge in [-0.05, 0) is 36.6 Å². The van der Waals surface area contributed by atoms with Crippen LogP contribution in [0, 0.1) is 6.92 Å². The van der Waals surface area contributed by atoms with Gasteiger partial charge in [-0.3, -0.25) is 24.6 Å². The van der Waals surface area contributed by atoms with Crippen LogP contribution in [-0.2, 0) is 22.7 Å². The molecule has 5 rings (SSSR count). The zero-order valence-corrected chi connectivity index (χ0v) is 18.4. The summed E-state index contributed by atoms with van der Waals surface area (Å²) in [5.74, 6) is -0.742. The van der Waals surface area contributed by atoms with Gasteiger partial charge in [-0.2, -0.15) is 0 Å². The maximum Gasteiger partial charge on any atom is 0.255 e. The Hall–Kier alpha value is -2.71. The molecule has 8 heteroatoms. The van der Waals surface area contributed by atoms with Crippen molar-refractivity contribution < 1.29 is 14.4 Å². The first-order valence-corrected chi connectivity index (χ1v) is 11.6. The first kappa shape index (κ1) is 20.2. The Labute approximate surface area is 185 Å². The summed E-state index contributed by atoms with van der Waals surface area (Å²) in [6.07, 6.45) is 0.671. The number of rotatable bonds is 4. The van der Waals surface area contributed by atoms with Crippen molar-refractivity contribution in [1.82, 2.24) is 15.1 Å². The summed E-state index contributed by atoms with van der Waals surface area (Å²) in [6, 6.07) is 7.72. The maximum absolute atomic E-state index is 12.8. The van der Waals surface area contributed by atoms with Gasteiger partial charge in [-0.25, -0.2) is 0 Å². The molecule has 1 unspecified atom stereocenters. The summed E-state index contributed by atoms with van der Waals surface area (Å²) in [5, 5.41) is 4.59. The molecular formula is C23H26N4O3S. The number of amides is 3. The van der Waals surface area contributed by atoms with Crippen molar-refractivity contribution in [2.24, 2.45) is 0 Å². The minimum Gasteiger partial charge on any atom is -0.368 e. The van der Waals surface area contributed by atoms with Crippen LogP contribution in [0.2, 0.25) is 0 Å². The van der Waals surface area contributed by atoms with Gasteiger partial charge in [0.05, 0.1) is 0 Å². The van der Waals surface area contributed by atoms with Crippen LogP contribution in [-0.4, -0.2) is 59.7 Å². The lowest BCUT2D eigenvalue weighted by Gasteiger charge is -2.35. The molecule has 1 aromatic heterocycles. The Morgan fingerprint density at radius 2 is 1.90 bits per heavy atom. The van der Waals surface area contributed by atoms with E-state index in [0.717, 1.165) is 38.3 Å². The smallest absolute Gasteiger partial charge is 0.255 e. The fourth-order valence-corrected chi connectivity index (χ4v) is 5.46. The number of aryl methyl sites for hydroxylation is 1. The Morgan fingerprint density at radius 1 is 1.10 bits per heavy atom. The highest BCUT2D eigenvalue weighted by atomic mass is 32.1. The van der Waals surface area contributed by atoms with E-state index in [4.69, 9.17) is 0 Å². The highest BCUT2D eigenvalue weighted by molar-refractivity contribution is 7.10. The third-order valence-electron chi connectivity index (χ3n) is 6.45. The number of carbonyl (C=O) groups is 3. The first-order valence-electron chi connectivity index (χ1n) is 10.8. The number of thiophene rings is 1. The Kier molecular flexibility index (Phi) is 5.27. The zero-order chi connectivity index (χ0) is 21.5. The van der Waals surface area contributed by atoms with Gasteiger partial charge >= 0.3 is 0 Å². The van der Waals surface area contributed by atoms with Crippen molar-refractivity contribution in [3.63, 3.8) is 0 Å². The molecule has 0 radical (unpaired) electrons. The minimum atomic E-state index is -0.560. The quantitative estimate of drug-likeness (QED) is 0.741. The molecular weight excluding hydrogens is 412 g/mol. The van der Waals surface area contributed by atoms with Gasteiger partial charge in [-0.15, -0.1) is 11.3 Å². The molecule has 0 spiro atoms. The predicted molar refractivity (Wildman–Crippen MR) is 119 cm³/mol. The van der Waals surface area contributed by atoms with E-state index in [9.17, 15) is 14.4 Å². The van der Waals surface area contributed by atoms with Crippen LogP contribution in [0.5, 0.6) is 0 Å². The monoisotopic (exact) mass is 438 g/mol. The molecule has 3 aliphatic heterocycles. The number of piperidine rings is 1. The summed E-state index contributed by atoms with van der Waals surface area (Å²) in [4.78, 5) is 44.3. The van der Waals surface area contributed by atoms with E-state index < -0.39 is 6.04 Å². The normalized spacial score (nSPS) is 22.1. The number of nitrogens with zero attached hydrogens (tertiary/aromatic N) is 3. The fraction of sp³-hybridized carbons (Fsp3) is 0.435. The first-order chi connectivity index (χ1) is 15.0. The summed E-state index contributed by atoms with van der Waals surface area (Å²) < 4.78 is 0. The average molecular weight is 439 g/mol. The summed E-state index contributed by atoms with van der Waals surface area (Å²) in [5.41, 5.74) is 4.16. The largest absolute Gasteiger partial charge is 0.368 e. The molecule has 0 bridgehead atoms. The van der Waals surface area contributed by atoms with Crippen molar-refractivity contribution in [3.8, 4) is 0 Å². The van der Waals surface area contributed by atoms with Gasteiger partial charge < -0.3 is 9.80 Å². The molecule has 2 saturated heterocycles. The second-order valence-electron chi connectivity index (χ2n) is 8.57. The van der Waals surface area contributed by atoms with Crippen LogP contribution in [0.3, 0.4) is 0 Å². The lowest BCUT2D eigenvalue weighted by molar-refractivity contribution is -0.136. The summed E-state index contributed by atoms with van der Waals surface area (Å²) >= 11 is 1.80. The van der Waals surface area contributed by atoms with E-state index in [1.807, 2.05) is 12.1 Å². The number of imide groups is 1. The van der Waals surface area contributed by atoms with E-state index >= 15 is 0 Å². The number of hydrogen-bond donors (Lipinski definition) is 1. The number of piperazine rings is 1. The van der Waals surface area contributed by atoms with Gasteiger partial charge in [0.15, 0.2) is 0 Å². The summed E-state index contributed by atoms with van der Waals surface area (Å²) in [6.45, 7) is 7.48. The van der Waals surface area contributed by atoms with E-state index in [-0.39, 0.29) is 24.1 Å². The molecule has 162 valence electrons. The third kappa shape index (κ3) is 3.97. The third-order valence-corrected chi connectivity index (χ3v) is 7.30. The molecule has 1 atom stereocenters. The lowest BCUT2D eigenvalue weighted by Crippen LogP contribution is -2.52. The van der Waals surface area contributed by atoms with Crippen LogP contribution in [0.25, 0.3) is 0 Å². The van der Waals surface area contributed by atoms with Crippen molar-refractivity contribution >= 4 is 34.7 Å². The second kappa shape index (κ2) is 8.09. The average Bonchev–Trinajstić information content (AvgIpc) is 3.32. The highest BCUT2D eigenvalue weighted by Crippen LogP contribution is 2.29. The maximum atomic E-state index is 12.8. The van der Waals surface area contributed by atoms with Gasteiger partial charge in [0.1, 0.15) is 6.04 Å². The molecule has 3 aliphatic rings. The molecule has 7 nitrogen and oxygen atoms in total. The molecule has 0 saturated carbocycles. The molecule has 1 aromatic carbocycles. The zero-order valence-electron chi connectivity index (χ0n) is 17.6. The van der Waals surface area contributed by atoms with Crippen LogP contribution in [0.4, 0.5) is 5.69 Å². The number of hydrogen-bond acceptors (Lipinski definition) is 6. The Bertz CT molecular complexity index is 1040. The fourth-order valence-electron chi connectivity index (χ4n) is 4.74. The Balaban J connectivity index is 1.22. The predicted octanol–water partition coefficient (Wildman–Crippen LogP) is 2.14. The highest BCUT2D eigenvalue weighted by Gasteiger charge is 2.39. The van der Waals surface area contributed by atoms with Crippen LogP contribution in [0.1, 0.15) is 39.2 Å². The van der Waals surface area contributed by atoms with E-state index in [2.05, 4.69) is 39.6 Å². The topological polar surface area (TPSA) is 73.0 Å². The van der Waals surface area contributed by atoms with Gasteiger partial charge in [0.25, 0.3) is 5.91 Å². The lowest BCUT2D eigenvalue weighted by atomic mass is 10.0. The van der Waals surface area contributed by atoms with Crippen LogP contribution < -0.4 is 10.2 Å². The summed E-state index contributed by atoms with van der Waals surface area (Å²) in [7, 11) is 0. The molecule has 31 heavy (non-hydrogen) atoms. The molecule has 2 fully saturated rings. The van der Waals surface area contributed by atoms with Gasteiger partial charge in [0, 0.05) is 67.2 Å². The number of fused-ring (bicyclic) bond motifs is 1. The standard InChI is InChI=1S/C23H26N4O3S/c1-15-10-18(14-31-15)26-8-6-25(7-9-26)12-16-2-3-19-17(11-16)13-27(23(19)30)20-4-5-21(28)24-22(20)29/h2-3,10-11,14,20H,4-9,12-13H2,1H3,(H,24,28,29). The number of nitrogens with one attached hydrogen (secondary N) is 1. The van der Waals surface area contributed by atoms with Crippen molar-refractivity contribution in [3.05, 3.63) is 51.2 Å². The number of anilines is 1. The van der Waals surface area contributed by atoms with Crippen LogP contribution in [0.15, 0.2) is 29.6 Å². The second-order valence-corrected chi connectivity index (χ2v) is 9.69. The molecule has 1 N–H and O–H groups in total. The molecule has 4 heterocycles. The van der Waals surface area contributed by atoms with E-state index in [1.54, 1.807) is 16.2 Å². The minimum absolute atomic E-state index is 0.115. The Morgan fingerprint density at radius 3 is 2.61 bits per heavy atom. The van der Waals surface area contributed by atoms with E-state index in [0.29, 0.717) is 18.5 Å². The molecule has 0 aliphatic carbocycles. The van der Waals surface area contributed by atoms with Crippen LogP contribution >= 0.6 is 11.3 Å². The van der Waals surface area contributed by atoms with Crippen molar-refractivity contribution in [1.29, 1.82) is 0 Å². The number of benzene rings is 1. The van der Waals surface area contributed by atoms with Gasteiger partial charge in [-0.1, -0.05) is 12.1 Å². The molecule has 3 amide bonds. The van der Waals surface area contributed by atoms with E-state index in [1.165, 1.54) is 16.1 Å². The van der Waals surface area contributed by atoms with Crippen molar-refractivity contribution in [2.45, 2.75) is 38.9 Å². The number of carbonyl (C=O) groups excluding carboxylic acids is 3. The van der Waals surface area contributed by atoms with Gasteiger partial charge in [0.2, 0.25) is 11.8 Å². The van der Waals surface area contributed by atoms with Crippen molar-refractivity contribution in [2.75, 3.05) is 31.1 Å².